The Morgan fingerprint density at radius 2 is 1.83 bits per heavy atom. The number of aliphatic imine (C=N–C) groups is 1. The molecule has 1 saturated heterocycles. The van der Waals surface area contributed by atoms with Gasteiger partial charge in [0.2, 0.25) is 0 Å². The highest BCUT2D eigenvalue weighted by Crippen LogP contribution is 2.35. The van der Waals surface area contributed by atoms with Gasteiger partial charge in [0, 0.05) is 18.6 Å². The summed E-state index contributed by atoms with van der Waals surface area (Å²) < 4.78 is 5.44. The summed E-state index contributed by atoms with van der Waals surface area (Å²) in [5.41, 5.74) is 5.50. The molecule has 0 aromatic carbocycles. The Balaban J connectivity index is 0.00000300. The molecule has 0 unspecified atom stereocenters. The number of likely N-dealkylation sites (tertiary alicyclic amines) is 1. The quantitative estimate of drug-likeness (QED) is 0.293. The van der Waals surface area contributed by atoms with Crippen molar-refractivity contribution >= 4 is 35.8 Å². The van der Waals surface area contributed by atoms with Crippen molar-refractivity contribution in [1.29, 1.82) is 0 Å². The maximum atomic E-state index is 11.2. The molecule has 0 bridgehead atoms. The number of primary amides is 1. The molecule has 1 aromatic rings. The number of rotatable bonds is 7. The Bertz CT molecular complexity index is 664. The maximum absolute atomic E-state index is 11.2. The summed E-state index contributed by atoms with van der Waals surface area (Å²) in [5, 5.41) is 6.92. The number of carbonyl (C=O) groups excluding carboxylic acids is 1. The molecule has 0 spiro atoms. The first-order chi connectivity index (χ1) is 13.6. The Morgan fingerprint density at radius 3 is 2.45 bits per heavy atom. The van der Waals surface area contributed by atoms with E-state index < -0.39 is 5.91 Å². The van der Waals surface area contributed by atoms with E-state index in [2.05, 4.69) is 27.4 Å². The first-order valence-electron chi connectivity index (χ1n) is 10.8. The number of nitrogens with one attached hydrogen (secondary N) is 2. The topological polar surface area (TPSA) is 95.9 Å². The molecular weight excluding hydrogens is 481 g/mol. The van der Waals surface area contributed by atoms with Gasteiger partial charge in [0.15, 0.2) is 11.7 Å². The molecule has 2 heterocycles. The Hall–Kier alpha value is -1.29. The zero-order valence-corrected chi connectivity index (χ0v) is 19.9. The summed E-state index contributed by atoms with van der Waals surface area (Å²) in [4.78, 5) is 18.6. The highest BCUT2D eigenvalue weighted by Gasteiger charge is 2.38. The van der Waals surface area contributed by atoms with Gasteiger partial charge in [-0.2, -0.15) is 0 Å². The molecule has 0 radical (unpaired) electrons. The Labute approximate surface area is 191 Å². The summed E-state index contributed by atoms with van der Waals surface area (Å²) >= 11 is 0. The maximum Gasteiger partial charge on any atom is 0.284 e. The van der Waals surface area contributed by atoms with E-state index in [1.165, 1.54) is 64.5 Å². The molecule has 1 saturated carbocycles. The molecule has 4 N–H and O–H groups in total. The van der Waals surface area contributed by atoms with Crippen LogP contribution in [0.15, 0.2) is 21.5 Å². The third kappa shape index (κ3) is 6.60. The smallest absolute Gasteiger partial charge is 0.284 e. The lowest BCUT2D eigenvalue weighted by Gasteiger charge is -2.48. The molecule has 1 amide bonds. The molecule has 7 nitrogen and oxygen atoms in total. The molecule has 3 rings (SSSR count). The standard InChI is InChI=1S/C21H35N5O2.HI/c1-2-23-20(24-15-17-9-10-18(28-17)19(22)27)25-16-21(11-5-3-6-12-21)26-13-7-4-8-14-26;/h9-10H,2-8,11-16H2,1H3,(H2,22,27)(H2,23,24,25);1H. The van der Waals surface area contributed by atoms with Crippen molar-refractivity contribution in [3.05, 3.63) is 23.7 Å². The summed E-state index contributed by atoms with van der Waals surface area (Å²) in [5.74, 6) is 1.05. The fourth-order valence-electron chi connectivity index (χ4n) is 4.53. The number of piperidine rings is 1. The van der Waals surface area contributed by atoms with Gasteiger partial charge in [-0.15, -0.1) is 24.0 Å². The van der Waals surface area contributed by atoms with Crippen LogP contribution in [0.4, 0.5) is 0 Å². The van der Waals surface area contributed by atoms with E-state index >= 15 is 0 Å². The third-order valence-corrected chi connectivity index (χ3v) is 6.04. The van der Waals surface area contributed by atoms with Crippen LogP contribution in [0.2, 0.25) is 0 Å². The van der Waals surface area contributed by atoms with E-state index in [-0.39, 0.29) is 35.3 Å². The second kappa shape index (κ2) is 11.8. The Morgan fingerprint density at radius 1 is 1.14 bits per heavy atom. The van der Waals surface area contributed by atoms with E-state index in [0.29, 0.717) is 12.3 Å². The first-order valence-corrected chi connectivity index (χ1v) is 10.8. The van der Waals surface area contributed by atoms with Gasteiger partial charge >= 0.3 is 0 Å². The normalized spacial score (nSPS) is 20.0. The largest absolute Gasteiger partial charge is 0.454 e. The van der Waals surface area contributed by atoms with E-state index in [9.17, 15) is 4.79 Å². The Kier molecular flexibility index (Phi) is 9.74. The number of nitrogens with zero attached hydrogens (tertiary/aromatic N) is 2. The van der Waals surface area contributed by atoms with Crippen molar-refractivity contribution in [3.8, 4) is 0 Å². The van der Waals surface area contributed by atoms with Crippen molar-refractivity contribution in [2.75, 3.05) is 26.2 Å². The van der Waals surface area contributed by atoms with Crippen LogP contribution in [0.25, 0.3) is 0 Å². The second-order valence-corrected chi connectivity index (χ2v) is 8.01. The van der Waals surface area contributed by atoms with Gasteiger partial charge < -0.3 is 20.8 Å². The lowest BCUT2D eigenvalue weighted by molar-refractivity contribution is 0.0368. The zero-order valence-electron chi connectivity index (χ0n) is 17.5. The molecule has 164 valence electrons. The molecule has 1 aliphatic heterocycles. The summed E-state index contributed by atoms with van der Waals surface area (Å²) in [6.45, 7) is 6.60. The van der Waals surface area contributed by atoms with Crippen molar-refractivity contribution in [2.24, 2.45) is 10.7 Å². The van der Waals surface area contributed by atoms with E-state index in [0.717, 1.165) is 19.0 Å². The molecule has 1 aliphatic carbocycles. The van der Waals surface area contributed by atoms with Crippen LogP contribution in [0.5, 0.6) is 0 Å². The SMILES string of the molecule is CCNC(=NCc1ccc(C(N)=O)o1)NCC1(N2CCCCC2)CCCCC1.I. The number of guanidine groups is 1. The number of amides is 1. The number of hydrogen-bond donors (Lipinski definition) is 3. The highest BCUT2D eigenvalue weighted by molar-refractivity contribution is 14.0. The molecular formula is C21H36IN5O2. The first kappa shape index (κ1) is 24.0. The lowest BCUT2D eigenvalue weighted by Crippen LogP contribution is -2.59. The van der Waals surface area contributed by atoms with Crippen LogP contribution >= 0.6 is 24.0 Å². The van der Waals surface area contributed by atoms with Crippen molar-refractivity contribution in [3.63, 3.8) is 0 Å². The minimum absolute atomic E-state index is 0. The fraction of sp³-hybridized carbons (Fsp3) is 0.714. The van der Waals surface area contributed by atoms with Crippen molar-refractivity contribution in [1.82, 2.24) is 15.5 Å². The van der Waals surface area contributed by atoms with Gasteiger partial charge in [-0.1, -0.05) is 25.7 Å². The fourth-order valence-corrected chi connectivity index (χ4v) is 4.53. The number of halogens is 1. The van der Waals surface area contributed by atoms with E-state index in [4.69, 9.17) is 10.2 Å². The van der Waals surface area contributed by atoms with Crippen LogP contribution < -0.4 is 16.4 Å². The number of furan rings is 1. The molecule has 2 fully saturated rings. The van der Waals surface area contributed by atoms with Crippen LogP contribution in [0.1, 0.15) is 74.6 Å². The monoisotopic (exact) mass is 517 g/mol. The lowest BCUT2D eigenvalue weighted by atomic mass is 9.79. The average Bonchev–Trinajstić information content (AvgIpc) is 3.21. The van der Waals surface area contributed by atoms with Gasteiger partial charge in [-0.05, 0) is 57.8 Å². The van der Waals surface area contributed by atoms with E-state index in [1.54, 1.807) is 12.1 Å². The number of hydrogen-bond acceptors (Lipinski definition) is 4. The van der Waals surface area contributed by atoms with E-state index in [1.807, 2.05) is 0 Å². The van der Waals surface area contributed by atoms with Gasteiger partial charge in [0.05, 0.1) is 0 Å². The second-order valence-electron chi connectivity index (χ2n) is 8.01. The number of nitrogens with two attached hydrogens (primary N) is 1. The molecule has 0 atom stereocenters. The van der Waals surface area contributed by atoms with Crippen LogP contribution in [0.3, 0.4) is 0 Å². The van der Waals surface area contributed by atoms with Crippen LogP contribution in [-0.2, 0) is 6.54 Å². The minimum Gasteiger partial charge on any atom is -0.454 e. The van der Waals surface area contributed by atoms with Gasteiger partial charge in [0.25, 0.3) is 5.91 Å². The highest BCUT2D eigenvalue weighted by atomic mass is 127. The van der Waals surface area contributed by atoms with Gasteiger partial charge in [0.1, 0.15) is 12.3 Å². The number of carbonyl (C=O) groups is 1. The predicted octanol–water partition coefficient (Wildman–Crippen LogP) is 3.24. The van der Waals surface area contributed by atoms with Gasteiger partial charge in [-0.3, -0.25) is 9.69 Å². The summed E-state index contributed by atoms with van der Waals surface area (Å²) in [7, 11) is 0. The third-order valence-electron chi connectivity index (χ3n) is 6.04. The van der Waals surface area contributed by atoms with Crippen LogP contribution in [-0.4, -0.2) is 48.5 Å². The zero-order chi connectivity index (χ0) is 19.8. The molecule has 1 aromatic heterocycles. The molecule has 2 aliphatic rings. The summed E-state index contributed by atoms with van der Waals surface area (Å²) in [6, 6.07) is 3.35. The van der Waals surface area contributed by atoms with Gasteiger partial charge in [-0.25, -0.2) is 4.99 Å². The van der Waals surface area contributed by atoms with Crippen molar-refractivity contribution < 1.29 is 9.21 Å². The molecule has 29 heavy (non-hydrogen) atoms. The predicted molar refractivity (Wildman–Crippen MR) is 127 cm³/mol. The van der Waals surface area contributed by atoms with Crippen LogP contribution in [0, 0.1) is 0 Å². The summed E-state index contributed by atoms with van der Waals surface area (Å²) in [6.07, 6.45) is 10.5. The van der Waals surface area contributed by atoms with Crippen molar-refractivity contribution in [2.45, 2.75) is 70.4 Å². The average molecular weight is 517 g/mol. The molecule has 8 heteroatoms. The minimum atomic E-state index is -0.555.